The summed E-state index contributed by atoms with van der Waals surface area (Å²) in [7, 11) is -3.38. The Balaban J connectivity index is 2.10. The molecule has 0 bridgehead atoms. The Morgan fingerprint density at radius 3 is 2.62 bits per heavy atom. The lowest BCUT2D eigenvalue weighted by molar-refractivity contribution is 0.268. The maximum absolute atomic E-state index is 12.8. The molecule has 1 fully saturated rings. The summed E-state index contributed by atoms with van der Waals surface area (Å²) in [4.78, 5) is 0.419. The molecule has 4 nitrogen and oxygen atoms in total. The van der Waals surface area contributed by atoms with Crippen molar-refractivity contribution in [2.24, 2.45) is 5.92 Å². The van der Waals surface area contributed by atoms with Gasteiger partial charge in [0.15, 0.2) is 0 Å². The number of piperidine rings is 1. The number of aryl methyl sites for hydroxylation is 1. The second kappa shape index (κ2) is 7.22. The number of nitrogens with one attached hydrogen (secondary N) is 1. The number of hydrogen-bond donors (Lipinski definition) is 1. The van der Waals surface area contributed by atoms with Crippen LogP contribution < -0.4 is 5.32 Å². The molecule has 0 amide bonds. The molecular formula is C15H23BrN2O2S. The van der Waals surface area contributed by atoms with Crippen LogP contribution in [0, 0.1) is 12.8 Å². The third kappa shape index (κ3) is 4.06. The fraction of sp³-hybridized carbons (Fsp3) is 0.600. The predicted molar refractivity (Wildman–Crippen MR) is 88.9 cm³/mol. The van der Waals surface area contributed by atoms with Crippen LogP contribution in [0.1, 0.15) is 25.3 Å². The van der Waals surface area contributed by atoms with Crippen LogP contribution in [-0.2, 0) is 10.0 Å². The first-order valence-corrected chi connectivity index (χ1v) is 9.65. The van der Waals surface area contributed by atoms with Gasteiger partial charge >= 0.3 is 0 Å². The van der Waals surface area contributed by atoms with E-state index in [0.29, 0.717) is 23.9 Å². The molecule has 0 aromatic heterocycles. The largest absolute Gasteiger partial charge is 0.317 e. The highest BCUT2D eigenvalue weighted by Crippen LogP contribution is 2.27. The molecule has 0 saturated carbocycles. The molecule has 2 rings (SSSR count). The Kier molecular flexibility index (Phi) is 5.82. The Bertz CT molecular complexity index is 581. The van der Waals surface area contributed by atoms with E-state index in [-0.39, 0.29) is 0 Å². The Morgan fingerprint density at radius 2 is 2.00 bits per heavy atom. The van der Waals surface area contributed by atoms with E-state index in [0.717, 1.165) is 36.0 Å². The fourth-order valence-electron chi connectivity index (χ4n) is 2.69. The van der Waals surface area contributed by atoms with Crippen LogP contribution in [0.5, 0.6) is 0 Å². The van der Waals surface area contributed by atoms with Crippen molar-refractivity contribution in [3.8, 4) is 0 Å². The monoisotopic (exact) mass is 374 g/mol. The van der Waals surface area contributed by atoms with Gasteiger partial charge in [0.05, 0.1) is 4.90 Å². The summed E-state index contributed by atoms with van der Waals surface area (Å²) in [5, 5.41) is 3.35. The van der Waals surface area contributed by atoms with Gasteiger partial charge in [-0.15, -0.1) is 0 Å². The van der Waals surface area contributed by atoms with Gasteiger partial charge in [0, 0.05) is 17.6 Å². The van der Waals surface area contributed by atoms with Crippen LogP contribution in [0.3, 0.4) is 0 Å². The smallest absolute Gasteiger partial charge is 0.243 e. The van der Waals surface area contributed by atoms with Gasteiger partial charge in [-0.05, 0) is 56.5 Å². The molecule has 118 valence electrons. The lowest BCUT2D eigenvalue weighted by atomic mass is 9.98. The molecule has 1 N–H and O–H groups in total. The summed E-state index contributed by atoms with van der Waals surface area (Å²) in [5.41, 5.74) is 0.799. The number of halogens is 1. The van der Waals surface area contributed by atoms with Gasteiger partial charge < -0.3 is 5.32 Å². The maximum Gasteiger partial charge on any atom is 0.243 e. The van der Waals surface area contributed by atoms with Crippen molar-refractivity contribution in [2.45, 2.75) is 31.6 Å². The molecule has 0 atom stereocenters. The van der Waals surface area contributed by atoms with Crippen molar-refractivity contribution in [1.82, 2.24) is 9.62 Å². The summed E-state index contributed by atoms with van der Waals surface area (Å²) >= 11 is 3.36. The molecular weight excluding hydrogens is 352 g/mol. The molecule has 0 unspecified atom stereocenters. The molecule has 1 saturated heterocycles. The van der Waals surface area contributed by atoms with E-state index >= 15 is 0 Å². The molecule has 0 aliphatic carbocycles. The van der Waals surface area contributed by atoms with Gasteiger partial charge in [-0.2, -0.15) is 4.31 Å². The van der Waals surface area contributed by atoms with Crippen LogP contribution >= 0.6 is 15.9 Å². The zero-order valence-electron chi connectivity index (χ0n) is 12.6. The van der Waals surface area contributed by atoms with Crippen molar-refractivity contribution in [3.05, 3.63) is 28.2 Å². The minimum atomic E-state index is -3.38. The summed E-state index contributed by atoms with van der Waals surface area (Å²) < 4.78 is 28.0. The highest BCUT2D eigenvalue weighted by Gasteiger charge is 2.30. The average Bonchev–Trinajstić information content (AvgIpc) is 2.48. The highest BCUT2D eigenvalue weighted by molar-refractivity contribution is 9.10. The van der Waals surface area contributed by atoms with E-state index in [9.17, 15) is 8.42 Å². The second-order valence-corrected chi connectivity index (χ2v) is 8.39. The van der Waals surface area contributed by atoms with Crippen molar-refractivity contribution in [3.63, 3.8) is 0 Å². The lowest BCUT2D eigenvalue weighted by Gasteiger charge is -2.31. The van der Waals surface area contributed by atoms with Crippen LogP contribution in [0.2, 0.25) is 0 Å². The standard InChI is InChI=1S/C15H23BrN2O2S/c1-3-17-11-13-6-8-18(9-7-13)21(19,20)15-10-14(16)5-4-12(15)2/h4-5,10,13,17H,3,6-9,11H2,1-2H3. The van der Waals surface area contributed by atoms with Gasteiger partial charge in [0.2, 0.25) is 10.0 Å². The minimum Gasteiger partial charge on any atom is -0.317 e. The Morgan fingerprint density at radius 1 is 1.33 bits per heavy atom. The first-order valence-electron chi connectivity index (χ1n) is 7.42. The van der Waals surface area contributed by atoms with Crippen LogP contribution in [-0.4, -0.2) is 38.9 Å². The molecule has 1 heterocycles. The molecule has 0 radical (unpaired) electrons. The van der Waals surface area contributed by atoms with E-state index in [1.165, 1.54) is 0 Å². The van der Waals surface area contributed by atoms with Crippen molar-refractivity contribution < 1.29 is 8.42 Å². The van der Waals surface area contributed by atoms with E-state index in [4.69, 9.17) is 0 Å². The highest BCUT2D eigenvalue weighted by atomic mass is 79.9. The number of sulfonamides is 1. The first-order chi connectivity index (χ1) is 9.95. The summed E-state index contributed by atoms with van der Waals surface area (Å²) in [6, 6.07) is 5.42. The molecule has 0 spiro atoms. The molecule has 1 aromatic rings. The van der Waals surface area contributed by atoms with Gasteiger partial charge in [0.1, 0.15) is 0 Å². The number of nitrogens with zero attached hydrogens (tertiary/aromatic N) is 1. The van der Waals surface area contributed by atoms with Gasteiger partial charge in [0.25, 0.3) is 0 Å². The third-order valence-electron chi connectivity index (χ3n) is 4.02. The number of rotatable bonds is 5. The fourth-order valence-corrected chi connectivity index (χ4v) is 4.93. The van der Waals surface area contributed by atoms with Crippen molar-refractivity contribution in [2.75, 3.05) is 26.2 Å². The third-order valence-corrected chi connectivity index (χ3v) is 6.56. The minimum absolute atomic E-state index is 0.419. The summed E-state index contributed by atoms with van der Waals surface area (Å²) in [6.07, 6.45) is 1.86. The number of hydrogen-bond acceptors (Lipinski definition) is 3. The first kappa shape index (κ1) is 16.9. The number of benzene rings is 1. The Hall–Kier alpha value is -0.430. The molecule has 1 aliphatic rings. The molecule has 6 heteroatoms. The Labute approximate surface area is 136 Å². The van der Waals surface area contributed by atoms with E-state index in [1.807, 2.05) is 19.1 Å². The van der Waals surface area contributed by atoms with Gasteiger partial charge in [-0.3, -0.25) is 0 Å². The van der Waals surface area contributed by atoms with Gasteiger partial charge in [-0.25, -0.2) is 8.42 Å². The van der Waals surface area contributed by atoms with Crippen LogP contribution in [0.4, 0.5) is 0 Å². The molecule has 1 aromatic carbocycles. The quantitative estimate of drug-likeness (QED) is 0.861. The van der Waals surface area contributed by atoms with Crippen LogP contribution in [0.25, 0.3) is 0 Å². The summed E-state index contributed by atoms with van der Waals surface area (Å²) in [6.45, 7) is 7.12. The second-order valence-electron chi connectivity index (χ2n) is 5.56. The molecule has 1 aliphatic heterocycles. The molecule has 21 heavy (non-hydrogen) atoms. The lowest BCUT2D eigenvalue weighted by Crippen LogP contribution is -2.40. The van der Waals surface area contributed by atoms with E-state index in [2.05, 4.69) is 28.2 Å². The summed E-state index contributed by atoms with van der Waals surface area (Å²) in [5.74, 6) is 0.583. The van der Waals surface area contributed by atoms with E-state index in [1.54, 1.807) is 10.4 Å². The SMILES string of the molecule is CCNCC1CCN(S(=O)(=O)c2cc(Br)ccc2C)CC1. The van der Waals surface area contributed by atoms with Crippen molar-refractivity contribution >= 4 is 26.0 Å². The maximum atomic E-state index is 12.8. The van der Waals surface area contributed by atoms with E-state index < -0.39 is 10.0 Å². The zero-order chi connectivity index (χ0) is 15.5. The average molecular weight is 375 g/mol. The topological polar surface area (TPSA) is 49.4 Å². The normalized spacial score (nSPS) is 18.0. The zero-order valence-corrected chi connectivity index (χ0v) is 15.0. The predicted octanol–water partition coefficient (Wildman–Crippen LogP) is 2.77. The van der Waals surface area contributed by atoms with Gasteiger partial charge in [-0.1, -0.05) is 28.9 Å². The van der Waals surface area contributed by atoms with Crippen molar-refractivity contribution in [1.29, 1.82) is 0 Å². The van der Waals surface area contributed by atoms with Crippen LogP contribution in [0.15, 0.2) is 27.6 Å².